The lowest BCUT2D eigenvalue weighted by Crippen LogP contribution is -2.42. The summed E-state index contributed by atoms with van der Waals surface area (Å²) in [7, 11) is 0. The van der Waals surface area contributed by atoms with Crippen molar-refractivity contribution in [2.75, 3.05) is 19.3 Å². The summed E-state index contributed by atoms with van der Waals surface area (Å²) in [4.78, 5) is 37.0. The molecule has 0 spiro atoms. The maximum absolute atomic E-state index is 13.8. The lowest BCUT2D eigenvalue weighted by molar-refractivity contribution is 0.0178. The molecule has 0 bridgehead atoms. The minimum Gasteiger partial charge on any atom is -0.444 e. The average Bonchev–Trinajstić information content (AvgIpc) is 2.80. The van der Waals surface area contributed by atoms with Crippen LogP contribution in [-0.2, 0) is 11.3 Å². The summed E-state index contributed by atoms with van der Waals surface area (Å²) in [6, 6.07) is 7.31. The molecular formula is C25H28BrClN4O3S. The van der Waals surface area contributed by atoms with Crippen molar-refractivity contribution in [3.63, 3.8) is 0 Å². The number of benzene rings is 1. The second kappa shape index (κ2) is 10.5. The number of hydrogen-bond acceptors (Lipinski definition) is 6. The molecular weight excluding hydrogens is 552 g/mol. The van der Waals surface area contributed by atoms with E-state index >= 15 is 0 Å². The van der Waals surface area contributed by atoms with Crippen LogP contribution < -0.4 is 5.56 Å². The van der Waals surface area contributed by atoms with Gasteiger partial charge in [-0.2, -0.15) is 0 Å². The summed E-state index contributed by atoms with van der Waals surface area (Å²) in [5.41, 5.74) is 1.14. The third-order valence-electron chi connectivity index (χ3n) is 5.92. The Bertz CT molecular complexity index is 1320. The SMILES string of the molecule is CSc1ncc2cc(-c3ccc(Br)cc3Cl)c(=O)n(CC3CCN(C(=O)OC(C)(C)C)CC3)c2n1. The van der Waals surface area contributed by atoms with E-state index in [0.29, 0.717) is 46.6 Å². The summed E-state index contributed by atoms with van der Waals surface area (Å²) in [6.07, 6.45) is 4.92. The van der Waals surface area contributed by atoms with Crippen molar-refractivity contribution in [1.29, 1.82) is 0 Å². The van der Waals surface area contributed by atoms with Crippen LogP contribution in [0, 0.1) is 5.92 Å². The fourth-order valence-electron chi connectivity index (χ4n) is 4.19. The third kappa shape index (κ3) is 6.01. The summed E-state index contributed by atoms with van der Waals surface area (Å²) in [5, 5.41) is 1.89. The summed E-state index contributed by atoms with van der Waals surface area (Å²) >= 11 is 11.4. The number of carbonyl (C=O) groups is 1. The molecule has 0 atom stereocenters. The third-order valence-corrected chi connectivity index (χ3v) is 7.28. The summed E-state index contributed by atoms with van der Waals surface area (Å²) in [5.74, 6) is 0.220. The van der Waals surface area contributed by atoms with Crippen LogP contribution >= 0.6 is 39.3 Å². The van der Waals surface area contributed by atoms with Crippen LogP contribution in [0.15, 0.2) is 44.9 Å². The molecule has 0 saturated carbocycles. The Morgan fingerprint density at radius 3 is 2.57 bits per heavy atom. The molecule has 1 saturated heterocycles. The minimum atomic E-state index is -0.524. The fraction of sp³-hybridized carbons (Fsp3) is 0.440. The largest absolute Gasteiger partial charge is 0.444 e. The number of pyridine rings is 1. The van der Waals surface area contributed by atoms with Crippen molar-refractivity contribution in [2.45, 2.75) is 50.9 Å². The maximum atomic E-state index is 13.8. The number of likely N-dealkylation sites (tertiary alicyclic amines) is 1. The predicted molar refractivity (Wildman–Crippen MR) is 144 cm³/mol. The van der Waals surface area contributed by atoms with E-state index in [1.807, 2.05) is 45.2 Å². The molecule has 0 radical (unpaired) electrons. The predicted octanol–water partition coefficient (Wildman–Crippen LogP) is 6.24. The number of rotatable bonds is 4. The smallest absolute Gasteiger partial charge is 0.410 e. The highest BCUT2D eigenvalue weighted by Crippen LogP contribution is 2.31. The number of carbonyl (C=O) groups excluding carboxylic acids is 1. The number of hydrogen-bond donors (Lipinski definition) is 0. The molecule has 0 aliphatic carbocycles. The first kappa shape index (κ1) is 26.0. The highest BCUT2D eigenvalue weighted by Gasteiger charge is 2.28. The van der Waals surface area contributed by atoms with E-state index in [1.54, 1.807) is 21.7 Å². The van der Waals surface area contributed by atoms with E-state index in [-0.39, 0.29) is 17.6 Å². The normalized spacial score (nSPS) is 15.0. The van der Waals surface area contributed by atoms with E-state index in [1.165, 1.54) is 11.8 Å². The van der Waals surface area contributed by atoms with Gasteiger partial charge in [-0.15, -0.1) is 0 Å². The topological polar surface area (TPSA) is 77.3 Å². The van der Waals surface area contributed by atoms with E-state index < -0.39 is 5.60 Å². The van der Waals surface area contributed by atoms with Crippen LogP contribution in [0.25, 0.3) is 22.2 Å². The number of aromatic nitrogens is 3. The molecule has 4 rings (SSSR count). The first-order chi connectivity index (χ1) is 16.6. The van der Waals surface area contributed by atoms with Crippen LogP contribution in [0.3, 0.4) is 0 Å². The molecule has 10 heteroatoms. The lowest BCUT2D eigenvalue weighted by Gasteiger charge is -2.33. The molecule has 0 N–H and O–H groups in total. The summed E-state index contributed by atoms with van der Waals surface area (Å²) < 4.78 is 8.11. The Labute approximate surface area is 222 Å². The van der Waals surface area contributed by atoms with Crippen LogP contribution in [-0.4, -0.2) is 50.5 Å². The fourth-order valence-corrected chi connectivity index (χ4v) is 5.31. The lowest BCUT2D eigenvalue weighted by atomic mass is 9.96. The van der Waals surface area contributed by atoms with Gasteiger partial charge in [0.2, 0.25) is 0 Å². The zero-order valence-corrected chi connectivity index (χ0v) is 23.3. The van der Waals surface area contributed by atoms with Gasteiger partial charge >= 0.3 is 6.09 Å². The van der Waals surface area contributed by atoms with Crippen molar-refractivity contribution in [3.8, 4) is 11.1 Å². The molecule has 1 aliphatic rings. The molecule has 1 aliphatic heterocycles. The number of ether oxygens (including phenoxy) is 1. The number of thioether (sulfide) groups is 1. The molecule has 1 aromatic carbocycles. The second-order valence-electron chi connectivity index (χ2n) is 9.64. The monoisotopic (exact) mass is 578 g/mol. The molecule has 3 aromatic rings. The maximum Gasteiger partial charge on any atom is 0.410 e. The summed E-state index contributed by atoms with van der Waals surface area (Å²) in [6.45, 7) is 7.29. The Balaban J connectivity index is 1.67. The standard InChI is InChI=1S/C25H28BrClN4O3S/c1-25(2,3)34-24(33)30-9-7-15(8-10-30)14-31-21-16(13-28-23(29-21)35-4)11-19(22(31)32)18-6-5-17(26)12-20(18)27/h5-6,11-13,15H,7-10,14H2,1-4H3. The van der Waals surface area contributed by atoms with Crippen molar-refractivity contribution in [3.05, 3.63) is 50.3 Å². The quantitative estimate of drug-likeness (QED) is 0.269. The Hall–Kier alpha value is -2.10. The second-order valence-corrected chi connectivity index (χ2v) is 11.7. The van der Waals surface area contributed by atoms with Gasteiger partial charge in [0.1, 0.15) is 11.2 Å². The van der Waals surface area contributed by atoms with Gasteiger partial charge in [-0.25, -0.2) is 14.8 Å². The van der Waals surface area contributed by atoms with Gasteiger partial charge < -0.3 is 9.64 Å². The Morgan fingerprint density at radius 1 is 1.23 bits per heavy atom. The molecule has 2 aromatic heterocycles. The number of fused-ring (bicyclic) bond motifs is 1. The van der Waals surface area contributed by atoms with E-state index in [0.717, 1.165) is 22.7 Å². The first-order valence-corrected chi connectivity index (χ1v) is 13.8. The average molecular weight is 580 g/mol. The number of piperidine rings is 1. The van der Waals surface area contributed by atoms with Gasteiger partial charge in [-0.1, -0.05) is 45.4 Å². The van der Waals surface area contributed by atoms with Crippen LogP contribution in [0.5, 0.6) is 0 Å². The van der Waals surface area contributed by atoms with Crippen LogP contribution in [0.1, 0.15) is 33.6 Å². The van der Waals surface area contributed by atoms with Gasteiger partial charge in [0.25, 0.3) is 5.56 Å². The van der Waals surface area contributed by atoms with Gasteiger partial charge in [-0.3, -0.25) is 9.36 Å². The minimum absolute atomic E-state index is 0.137. The van der Waals surface area contributed by atoms with Crippen LogP contribution in [0.4, 0.5) is 4.79 Å². The number of halogens is 2. The van der Waals surface area contributed by atoms with Crippen LogP contribution in [0.2, 0.25) is 5.02 Å². The van der Waals surface area contributed by atoms with Crippen molar-refractivity contribution < 1.29 is 9.53 Å². The van der Waals surface area contributed by atoms with Gasteiger partial charge in [-0.05, 0) is 64.0 Å². The Morgan fingerprint density at radius 2 is 1.94 bits per heavy atom. The Kier molecular flexibility index (Phi) is 7.78. The molecule has 1 amide bonds. The molecule has 35 heavy (non-hydrogen) atoms. The first-order valence-electron chi connectivity index (χ1n) is 11.4. The van der Waals surface area contributed by atoms with Crippen molar-refractivity contribution in [2.24, 2.45) is 5.92 Å². The zero-order valence-electron chi connectivity index (χ0n) is 20.2. The molecule has 1 fully saturated rings. The molecule has 186 valence electrons. The van der Waals surface area contributed by atoms with Gasteiger partial charge in [0, 0.05) is 51.8 Å². The molecule has 7 nitrogen and oxygen atoms in total. The number of nitrogens with zero attached hydrogens (tertiary/aromatic N) is 4. The van der Waals surface area contributed by atoms with Crippen molar-refractivity contribution in [1.82, 2.24) is 19.4 Å². The van der Waals surface area contributed by atoms with Gasteiger partial charge in [0.15, 0.2) is 5.16 Å². The van der Waals surface area contributed by atoms with Crippen molar-refractivity contribution >= 4 is 56.4 Å². The number of amides is 1. The van der Waals surface area contributed by atoms with E-state index in [2.05, 4.69) is 25.9 Å². The highest BCUT2D eigenvalue weighted by atomic mass is 79.9. The van der Waals surface area contributed by atoms with E-state index in [9.17, 15) is 9.59 Å². The molecule has 3 heterocycles. The highest BCUT2D eigenvalue weighted by molar-refractivity contribution is 9.10. The van der Waals surface area contributed by atoms with E-state index in [4.69, 9.17) is 16.3 Å². The zero-order chi connectivity index (χ0) is 25.3. The molecule has 0 unspecified atom stereocenters. The van der Waals surface area contributed by atoms with Gasteiger partial charge in [0.05, 0.1) is 0 Å².